The van der Waals surface area contributed by atoms with Gasteiger partial charge in [-0.1, -0.05) is 0 Å². The smallest absolute Gasteiger partial charge is 0.216 e. The molecule has 1 aliphatic rings. The molecule has 1 aromatic rings. The van der Waals surface area contributed by atoms with Crippen LogP contribution in [0.5, 0.6) is 0 Å². The zero-order chi connectivity index (χ0) is 12.3. The van der Waals surface area contributed by atoms with Crippen LogP contribution in [0, 0.1) is 0 Å². The minimum Gasteiger partial charge on any atom is -0.378 e. The highest BCUT2D eigenvalue weighted by molar-refractivity contribution is 8.00. The molecule has 4 nitrogen and oxygen atoms in total. The van der Waals surface area contributed by atoms with E-state index in [1.54, 1.807) is 16.7 Å². The van der Waals surface area contributed by atoms with Crippen LogP contribution in [0.2, 0.25) is 0 Å². The standard InChI is InChI=1S/C12H15N3OS/c1-14(2)10-3-5-11(6-4-10)15(9-16)12-13-7-8-17-12/h3-7,9,12H,8H2,1-2H3. The molecule has 1 amide bonds. The third kappa shape index (κ3) is 2.61. The van der Waals surface area contributed by atoms with Crippen LogP contribution < -0.4 is 9.80 Å². The molecule has 90 valence electrons. The number of hydrogen-bond acceptors (Lipinski definition) is 4. The Hall–Kier alpha value is -1.49. The molecule has 17 heavy (non-hydrogen) atoms. The Morgan fingerprint density at radius 2 is 1.94 bits per heavy atom. The van der Waals surface area contributed by atoms with Crippen molar-refractivity contribution < 1.29 is 4.79 Å². The Kier molecular flexibility index (Phi) is 3.68. The predicted molar refractivity (Wildman–Crippen MR) is 74.1 cm³/mol. The number of benzene rings is 1. The van der Waals surface area contributed by atoms with Gasteiger partial charge in [-0.2, -0.15) is 0 Å². The van der Waals surface area contributed by atoms with Gasteiger partial charge in [0.15, 0.2) is 5.50 Å². The zero-order valence-electron chi connectivity index (χ0n) is 9.91. The molecule has 1 aromatic carbocycles. The van der Waals surface area contributed by atoms with Crippen molar-refractivity contribution in [3.05, 3.63) is 24.3 Å². The highest BCUT2D eigenvalue weighted by Crippen LogP contribution is 2.27. The number of thioether (sulfide) groups is 1. The molecule has 1 unspecified atom stereocenters. The molecule has 0 saturated heterocycles. The molecule has 2 rings (SSSR count). The van der Waals surface area contributed by atoms with Crippen molar-refractivity contribution in [1.29, 1.82) is 0 Å². The number of carbonyl (C=O) groups is 1. The molecule has 0 N–H and O–H groups in total. The number of aliphatic imine (C=N–C) groups is 1. The third-order valence-electron chi connectivity index (χ3n) is 2.57. The van der Waals surface area contributed by atoms with E-state index in [9.17, 15) is 4.79 Å². The normalized spacial score (nSPS) is 18.1. The lowest BCUT2D eigenvalue weighted by Gasteiger charge is -2.22. The van der Waals surface area contributed by atoms with Crippen LogP contribution >= 0.6 is 11.8 Å². The zero-order valence-corrected chi connectivity index (χ0v) is 10.7. The van der Waals surface area contributed by atoms with Crippen molar-refractivity contribution in [3.8, 4) is 0 Å². The van der Waals surface area contributed by atoms with Crippen molar-refractivity contribution >= 4 is 35.8 Å². The van der Waals surface area contributed by atoms with Crippen molar-refractivity contribution in [2.24, 2.45) is 4.99 Å². The number of carbonyl (C=O) groups excluding carboxylic acids is 1. The van der Waals surface area contributed by atoms with Gasteiger partial charge in [0.25, 0.3) is 0 Å². The lowest BCUT2D eigenvalue weighted by molar-refractivity contribution is -0.107. The molecule has 0 spiro atoms. The quantitative estimate of drug-likeness (QED) is 0.764. The van der Waals surface area contributed by atoms with Crippen molar-refractivity contribution in [2.75, 3.05) is 29.6 Å². The second-order valence-corrected chi connectivity index (χ2v) is 5.00. The van der Waals surface area contributed by atoms with Crippen molar-refractivity contribution in [3.63, 3.8) is 0 Å². The Morgan fingerprint density at radius 3 is 2.41 bits per heavy atom. The lowest BCUT2D eigenvalue weighted by Crippen LogP contribution is -2.28. The van der Waals surface area contributed by atoms with E-state index in [0.29, 0.717) is 0 Å². The minimum atomic E-state index is -0.113. The van der Waals surface area contributed by atoms with E-state index in [4.69, 9.17) is 0 Å². The maximum Gasteiger partial charge on any atom is 0.216 e. The summed E-state index contributed by atoms with van der Waals surface area (Å²) < 4.78 is 0. The molecule has 1 aliphatic heterocycles. The maximum atomic E-state index is 11.1. The first-order valence-electron chi connectivity index (χ1n) is 5.36. The first-order valence-corrected chi connectivity index (χ1v) is 6.41. The van der Waals surface area contributed by atoms with Gasteiger partial charge in [0.05, 0.1) is 0 Å². The van der Waals surface area contributed by atoms with Crippen LogP contribution in [0.3, 0.4) is 0 Å². The number of nitrogens with zero attached hydrogens (tertiary/aromatic N) is 3. The average molecular weight is 249 g/mol. The summed E-state index contributed by atoms with van der Waals surface area (Å²) >= 11 is 1.64. The van der Waals surface area contributed by atoms with Gasteiger partial charge in [0.1, 0.15) is 0 Å². The van der Waals surface area contributed by atoms with Gasteiger partial charge in [-0.15, -0.1) is 11.8 Å². The fraction of sp³-hybridized carbons (Fsp3) is 0.333. The lowest BCUT2D eigenvalue weighted by atomic mass is 10.2. The van der Waals surface area contributed by atoms with Gasteiger partial charge in [0.2, 0.25) is 6.41 Å². The number of anilines is 2. The summed E-state index contributed by atoms with van der Waals surface area (Å²) in [5, 5.41) is 0. The van der Waals surface area contributed by atoms with Crippen LogP contribution in [-0.2, 0) is 4.79 Å². The van der Waals surface area contributed by atoms with E-state index in [1.807, 2.05) is 49.5 Å². The molecule has 5 heteroatoms. The molecule has 0 saturated carbocycles. The summed E-state index contributed by atoms with van der Waals surface area (Å²) in [6, 6.07) is 7.88. The largest absolute Gasteiger partial charge is 0.378 e. The number of amides is 1. The molecule has 0 aromatic heterocycles. The molecular weight excluding hydrogens is 234 g/mol. The van der Waals surface area contributed by atoms with E-state index in [2.05, 4.69) is 4.99 Å². The van der Waals surface area contributed by atoms with Gasteiger partial charge in [-0.3, -0.25) is 14.7 Å². The second-order valence-electron chi connectivity index (χ2n) is 3.91. The van der Waals surface area contributed by atoms with Gasteiger partial charge < -0.3 is 4.90 Å². The fourth-order valence-corrected chi connectivity index (χ4v) is 2.47. The summed E-state index contributed by atoms with van der Waals surface area (Å²) in [5.74, 6) is 0.866. The molecule has 0 radical (unpaired) electrons. The SMILES string of the molecule is CN(C)c1ccc(N(C=O)C2N=CCS2)cc1. The summed E-state index contributed by atoms with van der Waals surface area (Å²) in [6.07, 6.45) is 2.69. The van der Waals surface area contributed by atoms with Crippen molar-refractivity contribution in [2.45, 2.75) is 5.50 Å². The van der Waals surface area contributed by atoms with Crippen LogP contribution in [-0.4, -0.2) is 38.0 Å². The second kappa shape index (κ2) is 5.23. The molecule has 0 bridgehead atoms. The monoisotopic (exact) mass is 249 g/mol. The van der Waals surface area contributed by atoms with Gasteiger partial charge in [-0.25, -0.2) is 0 Å². The van der Waals surface area contributed by atoms with E-state index in [-0.39, 0.29) is 5.50 Å². The van der Waals surface area contributed by atoms with E-state index in [0.717, 1.165) is 23.5 Å². The Bertz CT molecular complexity index is 416. The van der Waals surface area contributed by atoms with E-state index in [1.165, 1.54) is 0 Å². The predicted octanol–water partition coefficient (Wildman–Crippen LogP) is 1.82. The molecule has 0 aliphatic carbocycles. The Balaban J connectivity index is 2.19. The van der Waals surface area contributed by atoms with Crippen LogP contribution in [0.4, 0.5) is 11.4 Å². The number of rotatable bonds is 4. The average Bonchev–Trinajstić information content (AvgIpc) is 2.84. The highest BCUT2D eigenvalue weighted by Gasteiger charge is 2.20. The fourth-order valence-electron chi connectivity index (χ4n) is 1.62. The Labute approximate surface area is 105 Å². The van der Waals surface area contributed by atoms with Gasteiger partial charge in [0, 0.05) is 37.4 Å². The molecular formula is C12H15N3OS. The topological polar surface area (TPSA) is 35.9 Å². The first-order chi connectivity index (χ1) is 8.22. The first kappa shape index (κ1) is 12.0. The highest BCUT2D eigenvalue weighted by atomic mass is 32.2. The van der Waals surface area contributed by atoms with E-state index >= 15 is 0 Å². The summed E-state index contributed by atoms with van der Waals surface area (Å²) in [4.78, 5) is 19.1. The van der Waals surface area contributed by atoms with Crippen LogP contribution in [0.1, 0.15) is 0 Å². The maximum absolute atomic E-state index is 11.1. The van der Waals surface area contributed by atoms with Crippen molar-refractivity contribution in [1.82, 2.24) is 0 Å². The number of hydrogen-bond donors (Lipinski definition) is 0. The molecule has 1 atom stereocenters. The van der Waals surface area contributed by atoms with E-state index < -0.39 is 0 Å². The van der Waals surface area contributed by atoms with Gasteiger partial charge >= 0.3 is 0 Å². The Morgan fingerprint density at radius 1 is 1.29 bits per heavy atom. The summed E-state index contributed by atoms with van der Waals surface area (Å²) in [6.45, 7) is 0. The summed E-state index contributed by atoms with van der Waals surface area (Å²) in [5.41, 5.74) is 1.88. The molecule has 1 heterocycles. The third-order valence-corrected chi connectivity index (χ3v) is 3.56. The summed E-state index contributed by atoms with van der Waals surface area (Å²) in [7, 11) is 3.98. The van der Waals surface area contributed by atoms with Gasteiger partial charge in [-0.05, 0) is 24.3 Å². The van der Waals surface area contributed by atoms with Crippen LogP contribution in [0.15, 0.2) is 29.3 Å². The minimum absolute atomic E-state index is 0.113. The van der Waals surface area contributed by atoms with Crippen LogP contribution in [0.25, 0.3) is 0 Å². The molecule has 0 fully saturated rings.